The van der Waals surface area contributed by atoms with Gasteiger partial charge in [-0.15, -0.1) is 0 Å². The Morgan fingerprint density at radius 2 is 1.97 bits per heavy atom. The molecule has 0 atom stereocenters. The lowest BCUT2D eigenvalue weighted by molar-refractivity contribution is -0.124. The molecule has 2 aromatic carbocycles. The van der Waals surface area contributed by atoms with E-state index in [1.165, 1.54) is 28.1 Å². The molecular weight excluding hydrogens is 366 g/mol. The van der Waals surface area contributed by atoms with E-state index in [2.05, 4.69) is 46.4 Å². The number of para-hydroxylation sites is 1. The Hall–Kier alpha value is -2.93. The average molecular weight is 393 g/mol. The minimum Gasteiger partial charge on any atom is -0.383 e. The van der Waals surface area contributed by atoms with Crippen LogP contribution in [0.2, 0.25) is 0 Å². The molecule has 0 unspecified atom stereocenters. The summed E-state index contributed by atoms with van der Waals surface area (Å²) in [4.78, 5) is 16.8. The van der Waals surface area contributed by atoms with E-state index in [0.29, 0.717) is 6.61 Å². The Morgan fingerprint density at radius 1 is 1.17 bits per heavy atom. The molecule has 0 aliphatic carbocycles. The van der Waals surface area contributed by atoms with Gasteiger partial charge in [-0.25, -0.2) is 5.48 Å². The fraction of sp³-hybridized carbons (Fsp3) is 0.261. The van der Waals surface area contributed by atoms with Crippen molar-refractivity contribution in [2.75, 3.05) is 26.8 Å². The largest absolute Gasteiger partial charge is 0.383 e. The van der Waals surface area contributed by atoms with Crippen LogP contribution in [-0.4, -0.2) is 47.8 Å². The molecule has 29 heavy (non-hydrogen) atoms. The summed E-state index contributed by atoms with van der Waals surface area (Å²) >= 11 is 0. The number of carbonyl (C=O) groups is 1. The van der Waals surface area contributed by atoms with Gasteiger partial charge in [-0.2, -0.15) is 0 Å². The molecule has 1 aromatic heterocycles. The van der Waals surface area contributed by atoms with Crippen molar-refractivity contribution in [3.63, 3.8) is 0 Å². The molecule has 152 valence electrons. The molecule has 3 N–H and O–H groups in total. The Labute approximate surface area is 170 Å². The number of H-pyrrole nitrogens is 1. The van der Waals surface area contributed by atoms with Gasteiger partial charge >= 0.3 is 0 Å². The van der Waals surface area contributed by atoms with Gasteiger partial charge in [-0.3, -0.25) is 14.9 Å². The highest BCUT2D eigenvalue weighted by Gasteiger charge is 2.09. The van der Waals surface area contributed by atoms with Gasteiger partial charge in [0.05, 0.1) is 6.61 Å². The fourth-order valence-corrected chi connectivity index (χ4v) is 3.31. The van der Waals surface area contributed by atoms with Gasteiger partial charge in [-0.05, 0) is 35.3 Å². The summed E-state index contributed by atoms with van der Waals surface area (Å²) in [6.07, 6.45) is 6.02. The maximum absolute atomic E-state index is 11.1. The van der Waals surface area contributed by atoms with E-state index < -0.39 is 5.91 Å². The summed E-state index contributed by atoms with van der Waals surface area (Å²) in [5.41, 5.74) is 6.18. The molecule has 0 saturated carbocycles. The number of fused-ring (bicyclic) bond motifs is 1. The topological polar surface area (TPSA) is 77.6 Å². The lowest BCUT2D eigenvalue weighted by Gasteiger charge is -2.22. The number of aromatic amines is 1. The number of methoxy groups -OCH3 is 1. The van der Waals surface area contributed by atoms with Crippen molar-refractivity contribution in [1.82, 2.24) is 15.4 Å². The number of aromatic nitrogens is 1. The van der Waals surface area contributed by atoms with Crippen molar-refractivity contribution < 1.29 is 14.7 Å². The number of nitrogens with one attached hydrogen (secondary N) is 2. The molecule has 3 aromatic rings. The van der Waals surface area contributed by atoms with Crippen LogP contribution in [0.4, 0.5) is 0 Å². The fourth-order valence-electron chi connectivity index (χ4n) is 3.31. The van der Waals surface area contributed by atoms with Crippen molar-refractivity contribution in [2.24, 2.45) is 0 Å². The molecule has 6 heteroatoms. The van der Waals surface area contributed by atoms with Crippen LogP contribution in [0.15, 0.2) is 60.8 Å². The normalized spacial score (nSPS) is 11.6. The van der Waals surface area contributed by atoms with Gasteiger partial charge in [0.2, 0.25) is 0 Å². The smallest absolute Gasteiger partial charge is 0.267 e. The van der Waals surface area contributed by atoms with Crippen LogP contribution in [0.5, 0.6) is 0 Å². The summed E-state index contributed by atoms with van der Waals surface area (Å²) < 4.78 is 5.29. The van der Waals surface area contributed by atoms with E-state index in [4.69, 9.17) is 9.94 Å². The van der Waals surface area contributed by atoms with Gasteiger partial charge in [0.15, 0.2) is 0 Å². The Morgan fingerprint density at radius 3 is 2.72 bits per heavy atom. The quantitative estimate of drug-likeness (QED) is 0.280. The number of carbonyl (C=O) groups excluding carboxylic acids is 1. The van der Waals surface area contributed by atoms with Gasteiger partial charge in [0, 0.05) is 49.9 Å². The predicted octanol–water partition coefficient (Wildman–Crippen LogP) is 3.38. The molecule has 0 bridgehead atoms. The van der Waals surface area contributed by atoms with E-state index in [0.717, 1.165) is 31.6 Å². The maximum Gasteiger partial charge on any atom is 0.267 e. The number of hydrogen-bond acceptors (Lipinski definition) is 4. The van der Waals surface area contributed by atoms with Crippen LogP contribution < -0.4 is 5.48 Å². The summed E-state index contributed by atoms with van der Waals surface area (Å²) in [7, 11) is 1.72. The summed E-state index contributed by atoms with van der Waals surface area (Å²) in [6, 6.07) is 16.4. The van der Waals surface area contributed by atoms with Crippen molar-refractivity contribution in [3.05, 3.63) is 77.5 Å². The minimum atomic E-state index is -0.544. The number of rotatable bonds is 10. The van der Waals surface area contributed by atoms with Crippen LogP contribution >= 0.6 is 0 Å². The highest BCUT2D eigenvalue weighted by Crippen LogP contribution is 2.19. The van der Waals surface area contributed by atoms with Gasteiger partial charge in [-0.1, -0.05) is 42.5 Å². The predicted molar refractivity (Wildman–Crippen MR) is 115 cm³/mol. The molecule has 0 aliphatic rings. The second kappa shape index (κ2) is 10.6. The van der Waals surface area contributed by atoms with E-state index in [9.17, 15) is 4.79 Å². The first-order valence-corrected chi connectivity index (χ1v) is 9.67. The van der Waals surface area contributed by atoms with Crippen molar-refractivity contribution in [2.45, 2.75) is 13.0 Å². The molecule has 1 amide bonds. The van der Waals surface area contributed by atoms with E-state index in [1.54, 1.807) is 18.7 Å². The third-order valence-corrected chi connectivity index (χ3v) is 4.91. The summed E-state index contributed by atoms with van der Waals surface area (Å²) in [5, 5.41) is 9.82. The molecule has 0 spiro atoms. The first-order chi connectivity index (χ1) is 14.2. The number of benzene rings is 2. The number of amides is 1. The molecule has 0 fully saturated rings. The van der Waals surface area contributed by atoms with Gasteiger partial charge in [0.1, 0.15) is 0 Å². The second-order valence-corrected chi connectivity index (χ2v) is 6.93. The molecular formula is C23H27N3O3. The maximum atomic E-state index is 11.1. The molecule has 1 heterocycles. The van der Waals surface area contributed by atoms with E-state index in [1.807, 2.05) is 18.2 Å². The summed E-state index contributed by atoms with van der Waals surface area (Å²) in [6.45, 7) is 3.30. The SMILES string of the molecule is COCCN(CCc1c[nH]c2ccccc12)Cc1ccc(C=CC(=O)NO)cc1. The first kappa shape index (κ1) is 20.8. The molecule has 0 radical (unpaired) electrons. The number of hydroxylamine groups is 1. The zero-order valence-corrected chi connectivity index (χ0v) is 16.6. The Balaban J connectivity index is 1.62. The van der Waals surface area contributed by atoms with Crippen LogP contribution in [0.3, 0.4) is 0 Å². The standard InChI is InChI=1S/C23H27N3O3/c1-29-15-14-26(13-12-20-16-24-22-5-3-2-4-21(20)22)17-19-8-6-18(7-9-19)10-11-23(27)25-28/h2-11,16,24,28H,12-15,17H2,1H3,(H,25,27). The summed E-state index contributed by atoms with van der Waals surface area (Å²) in [5.74, 6) is -0.544. The average Bonchev–Trinajstić information content (AvgIpc) is 3.18. The number of nitrogens with zero attached hydrogens (tertiary/aromatic N) is 1. The van der Waals surface area contributed by atoms with Crippen molar-refractivity contribution in [1.29, 1.82) is 0 Å². The van der Waals surface area contributed by atoms with Gasteiger partial charge < -0.3 is 9.72 Å². The molecule has 0 saturated heterocycles. The van der Waals surface area contributed by atoms with Crippen LogP contribution in [-0.2, 0) is 22.5 Å². The Kier molecular flexibility index (Phi) is 7.58. The van der Waals surface area contributed by atoms with E-state index in [-0.39, 0.29) is 0 Å². The zero-order valence-electron chi connectivity index (χ0n) is 16.6. The van der Waals surface area contributed by atoms with Crippen molar-refractivity contribution in [3.8, 4) is 0 Å². The molecule has 0 aliphatic heterocycles. The van der Waals surface area contributed by atoms with Crippen LogP contribution in [0, 0.1) is 0 Å². The minimum absolute atomic E-state index is 0.544. The lowest BCUT2D eigenvalue weighted by atomic mass is 10.1. The van der Waals surface area contributed by atoms with E-state index >= 15 is 0 Å². The van der Waals surface area contributed by atoms with Gasteiger partial charge in [0.25, 0.3) is 5.91 Å². The van der Waals surface area contributed by atoms with Crippen molar-refractivity contribution >= 4 is 22.9 Å². The van der Waals surface area contributed by atoms with Crippen LogP contribution in [0.25, 0.3) is 17.0 Å². The number of hydrogen-bond donors (Lipinski definition) is 3. The molecule has 3 rings (SSSR count). The van der Waals surface area contributed by atoms with Crippen LogP contribution in [0.1, 0.15) is 16.7 Å². The Bertz CT molecular complexity index is 947. The molecule has 6 nitrogen and oxygen atoms in total. The zero-order chi connectivity index (χ0) is 20.5. The highest BCUT2D eigenvalue weighted by molar-refractivity contribution is 5.90. The third-order valence-electron chi connectivity index (χ3n) is 4.91. The second-order valence-electron chi connectivity index (χ2n) is 6.93. The first-order valence-electron chi connectivity index (χ1n) is 9.67. The lowest BCUT2D eigenvalue weighted by Crippen LogP contribution is -2.29. The number of ether oxygens (including phenoxy) is 1. The monoisotopic (exact) mass is 393 g/mol. The third kappa shape index (κ3) is 6.02. The highest BCUT2D eigenvalue weighted by atomic mass is 16.5.